The molecule has 7 rings (SSSR count). The third-order valence-electron chi connectivity index (χ3n) is 8.04. The molecule has 0 radical (unpaired) electrons. The van der Waals surface area contributed by atoms with E-state index in [1.54, 1.807) is 11.1 Å². The maximum atomic E-state index is 2.79. The zero-order chi connectivity index (χ0) is 17.1. The third-order valence-corrected chi connectivity index (χ3v) is 8.04. The first-order chi connectivity index (χ1) is 12.8. The maximum absolute atomic E-state index is 2.79. The van der Waals surface area contributed by atoms with Gasteiger partial charge < -0.3 is 4.90 Å². The fourth-order valence-electron chi connectivity index (χ4n) is 7.64. The molecule has 4 bridgehead atoms. The van der Waals surface area contributed by atoms with Gasteiger partial charge in [0.1, 0.15) is 0 Å². The Hall–Kier alpha value is -1.76. The van der Waals surface area contributed by atoms with Crippen molar-refractivity contribution in [2.75, 3.05) is 11.4 Å². The Labute approximate surface area is 157 Å². The van der Waals surface area contributed by atoms with Crippen molar-refractivity contribution < 1.29 is 0 Å². The molecule has 5 aliphatic rings. The van der Waals surface area contributed by atoms with E-state index in [0.717, 1.165) is 17.8 Å². The Kier molecular flexibility index (Phi) is 3.31. The van der Waals surface area contributed by atoms with Gasteiger partial charge in [0.15, 0.2) is 0 Å². The minimum Gasteiger partial charge on any atom is -0.364 e. The summed E-state index contributed by atoms with van der Waals surface area (Å²) in [7, 11) is 0. The van der Waals surface area contributed by atoms with Gasteiger partial charge in [-0.2, -0.15) is 0 Å². The summed E-state index contributed by atoms with van der Waals surface area (Å²) in [5.74, 6) is 3.02. The van der Waals surface area contributed by atoms with Gasteiger partial charge in [-0.25, -0.2) is 0 Å². The molecule has 0 unspecified atom stereocenters. The van der Waals surface area contributed by atoms with Crippen molar-refractivity contribution in [3.63, 3.8) is 0 Å². The largest absolute Gasteiger partial charge is 0.364 e. The van der Waals surface area contributed by atoms with E-state index in [9.17, 15) is 0 Å². The average Bonchev–Trinajstić information content (AvgIpc) is 2.66. The molecule has 4 saturated carbocycles. The molecule has 26 heavy (non-hydrogen) atoms. The maximum Gasteiger partial charge on any atom is 0.0601 e. The molecule has 0 spiro atoms. The second-order valence-electron chi connectivity index (χ2n) is 9.66. The SMILES string of the molecule is c1ccc(N2CCc3ccccc3[C@@H]2C23CC4CC(CC(C4)C2)C3)cc1. The highest BCUT2D eigenvalue weighted by Crippen LogP contribution is 2.66. The van der Waals surface area contributed by atoms with Crippen LogP contribution in [0.4, 0.5) is 5.69 Å². The fraction of sp³-hybridized carbons (Fsp3) is 0.520. The smallest absolute Gasteiger partial charge is 0.0601 e. The normalized spacial score (nSPS) is 37.6. The van der Waals surface area contributed by atoms with Crippen LogP contribution in [0.25, 0.3) is 0 Å². The second kappa shape index (κ2) is 5.62. The predicted molar refractivity (Wildman–Crippen MR) is 107 cm³/mol. The molecular formula is C25H29N. The summed E-state index contributed by atoms with van der Waals surface area (Å²) >= 11 is 0. The van der Waals surface area contributed by atoms with Crippen molar-refractivity contribution in [3.8, 4) is 0 Å². The van der Waals surface area contributed by atoms with Crippen LogP contribution < -0.4 is 4.90 Å². The number of rotatable bonds is 2. The van der Waals surface area contributed by atoms with Crippen LogP contribution in [0.15, 0.2) is 54.6 Å². The van der Waals surface area contributed by atoms with Crippen molar-refractivity contribution in [2.24, 2.45) is 23.2 Å². The van der Waals surface area contributed by atoms with Gasteiger partial charge >= 0.3 is 0 Å². The minimum atomic E-state index is 0.515. The van der Waals surface area contributed by atoms with Crippen molar-refractivity contribution in [2.45, 2.75) is 51.0 Å². The van der Waals surface area contributed by atoms with Gasteiger partial charge in [-0.3, -0.25) is 0 Å². The summed E-state index contributed by atoms with van der Waals surface area (Å²) in [5, 5.41) is 0. The monoisotopic (exact) mass is 343 g/mol. The first-order valence-corrected chi connectivity index (χ1v) is 10.7. The van der Waals surface area contributed by atoms with E-state index in [1.807, 2.05) is 0 Å². The van der Waals surface area contributed by atoms with Crippen LogP contribution in [0.3, 0.4) is 0 Å². The highest BCUT2D eigenvalue weighted by molar-refractivity contribution is 5.53. The molecule has 0 aromatic heterocycles. The summed E-state index contributed by atoms with van der Waals surface area (Å²) < 4.78 is 0. The van der Waals surface area contributed by atoms with Crippen LogP contribution in [0, 0.1) is 23.2 Å². The lowest BCUT2D eigenvalue weighted by molar-refractivity contribution is -0.0700. The number of benzene rings is 2. The van der Waals surface area contributed by atoms with Gasteiger partial charge in [0, 0.05) is 12.2 Å². The molecule has 2 aromatic carbocycles. The zero-order valence-corrected chi connectivity index (χ0v) is 15.6. The molecule has 1 heterocycles. The van der Waals surface area contributed by atoms with Gasteiger partial charge in [0.05, 0.1) is 6.04 Å². The quantitative estimate of drug-likeness (QED) is 0.646. The lowest BCUT2D eigenvalue weighted by Crippen LogP contribution is -2.54. The summed E-state index contributed by atoms with van der Waals surface area (Å²) in [6.45, 7) is 1.17. The molecule has 2 aromatic rings. The number of anilines is 1. The first kappa shape index (κ1) is 15.3. The van der Waals surface area contributed by atoms with E-state index < -0.39 is 0 Å². The molecule has 1 atom stereocenters. The number of para-hydroxylation sites is 1. The minimum absolute atomic E-state index is 0.515. The predicted octanol–water partition coefficient (Wildman–Crippen LogP) is 6.01. The summed E-state index contributed by atoms with van der Waals surface area (Å²) in [6, 6.07) is 21.2. The molecule has 0 amide bonds. The van der Waals surface area contributed by atoms with Gasteiger partial charge in [-0.05, 0) is 91.4 Å². The van der Waals surface area contributed by atoms with Gasteiger partial charge in [-0.1, -0.05) is 42.5 Å². The Morgan fingerprint density at radius 2 is 1.35 bits per heavy atom. The Balaban J connectivity index is 1.50. The highest BCUT2D eigenvalue weighted by atomic mass is 15.2. The van der Waals surface area contributed by atoms with Crippen LogP contribution in [0.1, 0.15) is 55.7 Å². The third kappa shape index (κ3) is 2.22. The van der Waals surface area contributed by atoms with Gasteiger partial charge in [0.2, 0.25) is 0 Å². The Morgan fingerprint density at radius 3 is 2.04 bits per heavy atom. The van der Waals surface area contributed by atoms with Crippen LogP contribution in [0.2, 0.25) is 0 Å². The van der Waals surface area contributed by atoms with Gasteiger partial charge in [0.25, 0.3) is 0 Å². The summed E-state index contributed by atoms with van der Waals surface area (Å²) in [4.78, 5) is 2.79. The zero-order valence-electron chi connectivity index (χ0n) is 15.6. The van der Waals surface area contributed by atoms with E-state index in [0.29, 0.717) is 11.5 Å². The highest BCUT2D eigenvalue weighted by Gasteiger charge is 2.56. The van der Waals surface area contributed by atoms with Crippen LogP contribution in [-0.2, 0) is 6.42 Å². The molecule has 1 nitrogen and oxygen atoms in total. The van der Waals surface area contributed by atoms with Crippen LogP contribution >= 0.6 is 0 Å². The van der Waals surface area contributed by atoms with Crippen molar-refractivity contribution >= 4 is 5.69 Å². The molecule has 1 aliphatic heterocycles. The van der Waals surface area contributed by atoms with Gasteiger partial charge in [-0.15, -0.1) is 0 Å². The Morgan fingerprint density at radius 1 is 0.731 bits per heavy atom. The average molecular weight is 344 g/mol. The van der Waals surface area contributed by atoms with E-state index in [1.165, 1.54) is 57.2 Å². The standard InChI is InChI=1S/C25H29N/c1-2-7-22(8-3-1)26-11-10-21-6-4-5-9-23(21)24(26)25-15-18-12-19(16-25)14-20(13-18)17-25/h1-9,18-20,24H,10-17H2/t18?,19?,20?,24-,25?/m1/s1. The van der Waals surface area contributed by atoms with E-state index >= 15 is 0 Å². The summed E-state index contributed by atoms with van der Waals surface area (Å²) in [5.41, 5.74) is 5.20. The van der Waals surface area contributed by atoms with E-state index in [4.69, 9.17) is 0 Å². The first-order valence-electron chi connectivity index (χ1n) is 10.7. The molecule has 1 heteroatoms. The van der Waals surface area contributed by atoms with E-state index in [2.05, 4.69) is 59.5 Å². The molecule has 4 fully saturated rings. The lowest BCUT2D eigenvalue weighted by Gasteiger charge is -2.62. The topological polar surface area (TPSA) is 3.24 Å². The van der Waals surface area contributed by atoms with Crippen LogP contribution in [0.5, 0.6) is 0 Å². The molecular weight excluding hydrogens is 314 g/mol. The molecule has 4 aliphatic carbocycles. The molecule has 134 valence electrons. The number of hydrogen-bond acceptors (Lipinski definition) is 1. The number of nitrogens with zero attached hydrogens (tertiary/aromatic N) is 1. The fourth-order valence-corrected chi connectivity index (χ4v) is 7.64. The summed E-state index contributed by atoms with van der Waals surface area (Å²) in [6.07, 6.45) is 10.2. The van der Waals surface area contributed by atoms with E-state index in [-0.39, 0.29) is 0 Å². The Bertz CT molecular complexity index is 773. The van der Waals surface area contributed by atoms with Crippen molar-refractivity contribution in [1.82, 2.24) is 0 Å². The molecule has 0 N–H and O–H groups in total. The number of hydrogen-bond donors (Lipinski definition) is 0. The van der Waals surface area contributed by atoms with Crippen molar-refractivity contribution in [1.29, 1.82) is 0 Å². The van der Waals surface area contributed by atoms with Crippen LogP contribution in [-0.4, -0.2) is 6.54 Å². The lowest BCUT2D eigenvalue weighted by atomic mass is 9.46. The second-order valence-corrected chi connectivity index (χ2v) is 9.66. The number of fused-ring (bicyclic) bond motifs is 1. The molecule has 0 saturated heterocycles. The van der Waals surface area contributed by atoms with Crippen molar-refractivity contribution in [3.05, 3.63) is 65.7 Å².